The number of alkyl halides is 4. The fourth-order valence-electron chi connectivity index (χ4n) is 5.12. The fourth-order valence-corrected chi connectivity index (χ4v) is 5.48. The van der Waals surface area contributed by atoms with Crippen molar-refractivity contribution in [1.29, 1.82) is 0 Å². The molecule has 11 heteroatoms. The predicted octanol–water partition coefficient (Wildman–Crippen LogP) is 6.64. The van der Waals surface area contributed by atoms with Crippen LogP contribution in [0.3, 0.4) is 0 Å². The second kappa shape index (κ2) is 11.9. The summed E-state index contributed by atoms with van der Waals surface area (Å²) in [4.78, 5) is 31.5. The number of nitrogens with one attached hydrogen (secondary N) is 1. The van der Waals surface area contributed by atoms with Gasteiger partial charge in [0.25, 0.3) is 5.91 Å². The maximum atomic E-state index is 14.2. The number of aliphatic carboxylic acids is 1. The second-order valence-corrected chi connectivity index (χ2v) is 10.6. The zero-order valence-corrected chi connectivity index (χ0v) is 22.8. The largest absolute Gasteiger partial charge is 0.481 e. The number of carboxylic acids is 1. The van der Waals surface area contributed by atoms with Crippen LogP contribution in [0.5, 0.6) is 0 Å². The fraction of sp³-hybridized carbons (Fsp3) is 0.393. The van der Waals surface area contributed by atoms with Gasteiger partial charge in [-0.3, -0.25) is 9.59 Å². The highest BCUT2D eigenvalue weighted by Crippen LogP contribution is 2.37. The molecule has 0 saturated carbocycles. The third kappa shape index (κ3) is 6.69. The number of rotatable bonds is 8. The Kier molecular flexibility index (Phi) is 8.78. The van der Waals surface area contributed by atoms with Gasteiger partial charge >= 0.3 is 12.1 Å². The Bertz CT molecular complexity index is 1380. The van der Waals surface area contributed by atoms with Crippen LogP contribution in [0, 0.1) is 6.92 Å². The average Bonchev–Trinajstić information content (AvgIpc) is 2.87. The van der Waals surface area contributed by atoms with E-state index in [0.717, 1.165) is 6.07 Å². The quantitative estimate of drug-likeness (QED) is 0.280. The van der Waals surface area contributed by atoms with Gasteiger partial charge in [-0.15, -0.1) is 0 Å². The molecule has 1 aliphatic rings. The number of halogens is 5. The van der Waals surface area contributed by atoms with E-state index in [2.05, 4.69) is 21.2 Å². The Hall–Kier alpha value is -3.21. The molecule has 0 spiro atoms. The SMILES string of the molecule is Cc1c(N2CCC[C@@H](F)C2)nc2ccc(Br)cc2c1C(=O)NC[C@@H](CCC(=O)O)c1ccccc1C(F)(F)F. The minimum absolute atomic E-state index is 0.0754. The van der Waals surface area contributed by atoms with E-state index in [9.17, 15) is 32.3 Å². The average molecular weight is 610 g/mol. The van der Waals surface area contributed by atoms with Crippen LogP contribution in [0.4, 0.5) is 23.4 Å². The molecule has 6 nitrogen and oxygen atoms in total. The number of aromatic nitrogens is 1. The Morgan fingerprint density at radius 3 is 2.67 bits per heavy atom. The lowest BCUT2D eigenvalue weighted by molar-refractivity contribution is -0.138. The van der Waals surface area contributed by atoms with E-state index >= 15 is 0 Å². The van der Waals surface area contributed by atoms with Gasteiger partial charge in [0.1, 0.15) is 12.0 Å². The van der Waals surface area contributed by atoms with E-state index in [1.807, 2.05) is 4.90 Å². The highest BCUT2D eigenvalue weighted by Gasteiger charge is 2.35. The van der Waals surface area contributed by atoms with E-state index in [1.54, 1.807) is 25.1 Å². The normalized spacial score (nSPS) is 16.8. The van der Waals surface area contributed by atoms with Crippen LogP contribution in [0.15, 0.2) is 46.9 Å². The van der Waals surface area contributed by atoms with Crippen molar-refractivity contribution in [3.05, 3.63) is 69.2 Å². The van der Waals surface area contributed by atoms with Crippen molar-refractivity contribution in [2.24, 2.45) is 0 Å². The third-order valence-electron chi connectivity index (χ3n) is 6.98. The Morgan fingerprint density at radius 1 is 1.23 bits per heavy atom. The molecule has 208 valence electrons. The van der Waals surface area contributed by atoms with E-state index < -0.39 is 35.7 Å². The maximum absolute atomic E-state index is 14.2. The van der Waals surface area contributed by atoms with Crippen LogP contribution < -0.4 is 10.2 Å². The van der Waals surface area contributed by atoms with Crippen molar-refractivity contribution in [2.45, 2.75) is 50.9 Å². The number of anilines is 1. The first-order valence-electron chi connectivity index (χ1n) is 12.6. The van der Waals surface area contributed by atoms with Gasteiger partial charge in [-0.1, -0.05) is 34.1 Å². The first-order valence-corrected chi connectivity index (χ1v) is 13.4. The zero-order chi connectivity index (χ0) is 28.3. The Labute approximate surface area is 231 Å². The lowest BCUT2D eigenvalue weighted by Gasteiger charge is -2.32. The molecular weight excluding hydrogens is 582 g/mol. The molecule has 0 bridgehead atoms. The van der Waals surface area contributed by atoms with Crippen molar-refractivity contribution < 1.29 is 32.3 Å². The summed E-state index contributed by atoms with van der Waals surface area (Å²) in [5.74, 6) is -2.08. The van der Waals surface area contributed by atoms with Gasteiger partial charge in [-0.2, -0.15) is 13.2 Å². The molecule has 1 fully saturated rings. The van der Waals surface area contributed by atoms with Gasteiger partial charge < -0.3 is 15.3 Å². The molecule has 0 unspecified atom stereocenters. The molecule has 1 saturated heterocycles. The monoisotopic (exact) mass is 609 g/mol. The lowest BCUT2D eigenvalue weighted by atomic mass is 9.89. The summed E-state index contributed by atoms with van der Waals surface area (Å²) in [5.41, 5.74) is 0.406. The number of amides is 1. The van der Waals surface area contributed by atoms with E-state index in [1.165, 1.54) is 18.2 Å². The van der Waals surface area contributed by atoms with Crippen LogP contribution in [0.1, 0.15) is 58.6 Å². The number of hydrogen-bond acceptors (Lipinski definition) is 4. The summed E-state index contributed by atoms with van der Waals surface area (Å²) >= 11 is 3.42. The molecule has 3 aromatic rings. The number of piperidine rings is 1. The molecule has 1 aromatic heterocycles. The number of carbonyl (C=O) groups is 2. The first kappa shape index (κ1) is 28.8. The molecule has 1 amide bonds. The highest BCUT2D eigenvalue weighted by atomic mass is 79.9. The number of benzene rings is 2. The molecule has 2 aromatic carbocycles. The third-order valence-corrected chi connectivity index (χ3v) is 7.47. The number of carbonyl (C=O) groups excluding carboxylic acids is 1. The van der Waals surface area contributed by atoms with Crippen molar-refractivity contribution >= 4 is 44.5 Å². The molecule has 4 rings (SSSR count). The van der Waals surface area contributed by atoms with Crippen LogP contribution in [-0.2, 0) is 11.0 Å². The molecule has 0 aliphatic carbocycles. The Morgan fingerprint density at radius 2 is 1.97 bits per heavy atom. The zero-order valence-electron chi connectivity index (χ0n) is 21.2. The minimum atomic E-state index is -4.64. The topological polar surface area (TPSA) is 82.5 Å². The standard InChI is InChI=1S/C28H28BrF4N3O3/c1-16-25(21-13-18(29)9-10-23(21)35-26(16)36-12-4-5-19(30)15-36)27(39)34-14-17(8-11-24(37)38)20-6-2-3-7-22(20)28(31,32)33/h2-3,6-7,9-10,13,17,19H,4-5,8,11-12,14-15H2,1H3,(H,34,39)(H,37,38)/t17-,19-/m1/s1. The number of carboxylic acid groups (broad SMARTS) is 1. The predicted molar refractivity (Wildman–Crippen MR) is 144 cm³/mol. The molecule has 0 radical (unpaired) electrons. The second-order valence-electron chi connectivity index (χ2n) is 9.71. The van der Waals surface area contributed by atoms with Crippen LogP contribution >= 0.6 is 15.9 Å². The molecule has 1 aliphatic heterocycles. The van der Waals surface area contributed by atoms with Crippen LogP contribution in [-0.4, -0.2) is 47.8 Å². The maximum Gasteiger partial charge on any atom is 0.416 e. The number of pyridine rings is 1. The van der Waals surface area contributed by atoms with Gasteiger partial charge in [-0.05, 0) is 56.0 Å². The highest BCUT2D eigenvalue weighted by molar-refractivity contribution is 9.10. The lowest BCUT2D eigenvalue weighted by Crippen LogP contribution is -2.38. The van der Waals surface area contributed by atoms with Crippen LogP contribution in [0.25, 0.3) is 10.9 Å². The summed E-state index contributed by atoms with van der Waals surface area (Å²) in [6.45, 7) is 2.26. The summed E-state index contributed by atoms with van der Waals surface area (Å²) in [6, 6.07) is 10.3. The smallest absolute Gasteiger partial charge is 0.416 e. The summed E-state index contributed by atoms with van der Waals surface area (Å²) in [6.07, 6.45) is -5.00. The molecular formula is C28H28BrF4N3O3. The molecule has 2 atom stereocenters. The Balaban J connectivity index is 1.70. The number of fused-ring (bicyclic) bond motifs is 1. The summed E-state index contributed by atoms with van der Waals surface area (Å²) in [5, 5.41) is 12.5. The minimum Gasteiger partial charge on any atom is -0.481 e. The molecule has 2 N–H and O–H groups in total. The van der Waals surface area contributed by atoms with E-state index in [0.29, 0.717) is 51.7 Å². The van der Waals surface area contributed by atoms with Gasteiger partial charge in [0, 0.05) is 40.9 Å². The van der Waals surface area contributed by atoms with Gasteiger partial charge in [0.2, 0.25) is 0 Å². The molecule has 39 heavy (non-hydrogen) atoms. The van der Waals surface area contributed by atoms with Gasteiger partial charge in [0.15, 0.2) is 0 Å². The number of hydrogen-bond donors (Lipinski definition) is 2. The summed E-state index contributed by atoms with van der Waals surface area (Å²) < 4.78 is 56.1. The van der Waals surface area contributed by atoms with Crippen molar-refractivity contribution in [3.8, 4) is 0 Å². The first-order chi connectivity index (χ1) is 18.5. The number of nitrogens with zero attached hydrogens (tertiary/aromatic N) is 2. The van der Waals surface area contributed by atoms with Gasteiger partial charge in [0.05, 0.1) is 23.2 Å². The van der Waals surface area contributed by atoms with Crippen molar-refractivity contribution in [1.82, 2.24) is 10.3 Å². The van der Waals surface area contributed by atoms with Crippen LogP contribution in [0.2, 0.25) is 0 Å². The van der Waals surface area contributed by atoms with Gasteiger partial charge in [-0.25, -0.2) is 9.37 Å². The van der Waals surface area contributed by atoms with Crippen molar-refractivity contribution in [3.63, 3.8) is 0 Å². The molecule has 2 heterocycles. The van der Waals surface area contributed by atoms with Crippen molar-refractivity contribution in [2.75, 3.05) is 24.5 Å². The summed E-state index contributed by atoms with van der Waals surface area (Å²) in [7, 11) is 0. The van der Waals surface area contributed by atoms with E-state index in [-0.39, 0.29) is 31.5 Å². The van der Waals surface area contributed by atoms with E-state index in [4.69, 9.17) is 4.98 Å².